The molecule has 2 atom stereocenters. The Morgan fingerprint density at radius 2 is 1.69 bits per heavy atom. The molecule has 32 heavy (non-hydrogen) atoms. The normalized spacial score (nSPS) is 30.8. The van der Waals surface area contributed by atoms with Gasteiger partial charge in [0.2, 0.25) is 0 Å². The van der Waals surface area contributed by atoms with Gasteiger partial charge in [-0.25, -0.2) is 4.57 Å². The lowest BCUT2D eigenvalue weighted by atomic mass is 9.68. The van der Waals surface area contributed by atoms with Gasteiger partial charge in [0.15, 0.2) is 11.5 Å². The standard InChI is InChI=1S/C24H36NO6P/c1-22(2)16-23(3,4)31-32(26,30-22)29-18-10-11-24(12-13-25(5)21(24)15-18)17-8-9-19(27-6)20(14-17)28-7/h8-9,14-15,21H,10-13,16H2,1-7H3/t21-,24-/m0/s1. The van der Waals surface area contributed by atoms with E-state index in [1.165, 1.54) is 5.56 Å². The molecule has 0 aromatic heterocycles. The van der Waals surface area contributed by atoms with E-state index in [9.17, 15) is 4.57 Å². The first-order valence-electron chi connectivity index (χ1n) is 11.3. The number of likely N-dealkylation sites (tertiary alicyclic amines) is 1. The van der Waals surface area contributed by atoms with Gasteiger partial charge in [-0.05, 0) is 77.9 Å². The predicted molar refractivity (Wildman–Crippen MR) is 123 cm³/mol. The second-order valence-electron chi connectivity index (χ2n) is 10.5. The molecule has 4 rings (SSSR count). The third kappa shape index (κ3) is 4.33. The van der Waals surface area contributed by atoms with Gasteiger partial charge in [0.25, 0.3) is 0 Å². The number of ether oxygens (including phenoxy) is 2. The van der Waals surface area contributed by atoms with Crippen LogP contribution in [0.4, 0.5) is 0 Å². The Kier molecular flexibility index (Phi) is 5.94. The zero-order chi connectivity index (χ0) is 23.4. The maximum Gasteiger partial charge on any atom is 0.530 e. The Labute approximate surface area is 191 Å². The van der Waals surface area contributed by atoms with E-state index in [0.29, 0.717) is 18.6 Å². The third-order valence-electron chi connectivity index (χ3n) is 6.87. The molecule has 3 aliphatic rings. The fourth-order valence-electron chi connectivity index (χ4n) is 5.83. The smallest absolute Gasteiger partial charge is 0.493 e. The molecule has 178 valence electrons. The molecular formula is C24H36NO6P. The highest BCUT2D eigenvalue weighted by molar-refractivity contribution is 7.48. The van der Waals surface area contributed by atoms with E-state index in [1.807, 2.05) is 33.8 Å². The summed E-state index contributed by atoms with van der Waals surface area (Å²) in [5.41, 5.74) is -0.0124. The molecule has 0 amide bonds. The summed E-state index contributed by atoms with van der Waals surface area (Å²) < 4.78 is 42.1. The molecule has 0 radical (unpaired) electrons. The van der Waals surface area contributed by atoms with Crippen LogP contribution in [0.1, 0.15) is 58.9 Å². The number of fused-ring (bicyclic) bond motifs is 1. The number of benzene rings is 1. The van der Waals surface area contributed by atoms with Crippen molar-refractivity contribution in [2.45, 2.75) is 76.0 Å². The summed E-state index contributed by atoms with van der Waals surface area (Å²) in [5, 5.41) is 0. The van der Waals surface area contributed by atoms with Crippen LogP contribution < -0.4 is 9.47 Å². The first-order chi connectivity index (χ1) is 14.9. The molecule has 2 saturated heterocycles. The summed E-state index contributed by atoms with van der Waals surface area (Å²) in [6, 6.07) is 6.31. The lowest BCUT2D eigenvalue weighted by Crippen LogP contribution is -2.43. The molecule has 1 aromatic carbocycles. The maximum atomic E-state index is 13.5. The average Bonchev–Trinajstić information content (AvgIpc) is 3.01. The summed E-state index contributed by atoms with van der Waals surface area (Å²) in [7, 11) is 1.71. The number of likely N-dealkylation sites (N-methyl/N-ethyl adjacent to an activating group) is 1. The molecule has 0 unspecified atom stereocenters. The van der Waals surface area contributed by atoms with Crippen molar-refractivity contribution >= 4 is 7.82 Å². The Hall–Kier alpha value is -1.53. The minimum Gasteiger partial charge on any atom is -0.493 e. The minimum absolute atomic E-state index is 0.0670. The highest BCUT2D eigenvalue weighted by Crippen LogP contribution is 2.63. The van der Waals surface area contributed by atoms with Crippen LogP contribution in [0.25, 0.3) is 0 Å². The van der Waals surface area contributed by atoms with Crippen LogP contribution in [-0.2, 0) is 23.6 Å². The third-order valence-corrected chi connectivity index (χ3v) is 8.76. The molecule has 7 nitrogen and oxygen atoms in total. The average molecular weight is 466 g/mol. The van der Waals surface area contributed by atoms with Crippen molar-refractivity contribution < 1.29 is 27.6 Å². The zero-order valence-electron chi connectivity index (χ0n) is 20.3. The van der Waals surface area contributed by atoms with Crippen LogP contribution in [0, 0.1) is 0 Å². The molecule has 0 N–H and O–H groups in total. The van der Waals surface area contributed by atoms with Crippen LogP contribution in [0.5, 0.6) is 11.5 Å². The van der Waals surface area contributed by atoms with E-state index >= 15 is 0 Å². The van der Waals surface area contributed by atoms with Crippen molar-refractivity contribution in [2.24, 2.45) is 0 Å². The minimum atomic E-state index is -3.72. The van der Waals surface area contributed by atoms with Gasteiger partial charge in [-0.1, -0.05) is 6.07 Å². The zero-order valence-corrected chi connectivity index (χ0v) is 21.2. The summed E-state index contributed by atoms with van der Waals surface area (Å²) in [6.07, 6.45) is 5.30. The largest absolute Gasteiger partial charge is 0.530 e. The predicted octanol–water partition coefficient (Wildman–Crippen LogP) is 5.44. The second-order valence-corrected chi connectivity index (χ2v) is 11.9. The van der Waals surface area contributed by atoms with E-state index in [2.05, 4.69) is 30.2 Å². The molecule has 2 fully saturated rings. The number of hydrogen-bond donors (Lipinski definition) is 0. The van der Waals surface area contributed by atoms with E-state index < -0.39 is 19.0 Å². The SMILES string of the molecule is COc1ccc([C@@]23CCC(OP4(=O)OC(C)(C)CC(C)(C)O4)=C[C@@H]2N(C)CC3)cc1OC. The Morgan fingerprint density at radius 3 is 2.31 bits per heavy atom. The van der Waals surface area contributed by atoms with Crippen molar-refractivity contribution in [3.05, 3.63) is 35.6 Å². The highest BCUT2D eigenvalue weighted by atomic mass is 31.2. The van der Waals surface area contributed by atoms with Crippen LogP contribution in [-0.4, -0.2) is 50.0 Å². The van der Waals surface area contributed by atoms with Crippen molar-refractivity contribution in [3.63, 3.8) is 0 Å². The van der Waals surface area contributed by atoms with Gasteiger partial charge in [-0.2, -0.15) is 0 Å². The van der Waals surface area contributed by atoms with Crippen molar-refractivity contribution in [1.82, 2.24) is 4.90 Å². The van der Waals surface area contributed by atoms with Crippen molar-refractivity contribution in [3.8, 4) is 11.5 Å². The maximum absolute atomic E-state index is 13.5. The monoisotopic (exact) mass is 465 g/mol. The van der Waals surface area contributed by atoms with Gasteiger partial charge in [0.05, 0.1) is 25.4 Å². The van der Waals surface area contributed by atoms with Gasteiger partial charge in [-0.15, -0.1) is 0 Å². The number of methoxy groups -OCH3 is 2. The molecule has 8 heteroatoms. The Morgan fingerprint density at radius 1 is 1.03 bits per heavy atom. The lowest BCUT2D eigenvalue weighted by Gasteiger charge is -2.44. The fourth-order valence-corrected chi connectivity index (χ4v) is 7.72. The van der Waals surface area contributed by atoms with Crippen molar-refractivity contribution in [1.29, 1.82) is 0 Å². The van der Waals surface area contributed by atoms with Gasteiger partial charge >= 0.3 is 7.82 Å². The van der Waals surface area contributed by atoms with Gasteiger partial charge in [0, 0.05) is 24.3 Å². The quantitative estimate of drug-likeness (QED) is 0.536. The Bertz CT molecular complexity index is 938. The molecule has 1 aliphatic carbocycles. The summed E-state index contributed by atoms with van der Waals surface area (Å²) >= 11 is 0. The van der Waals surface area contributed by atoms with Crippen LogP contribution >= 0.6 is 7.82 Å². The molecule has 2 aliphatic heterocycles. The number of allylic oxidation sites excluding steroid dienone is 1. The first kappa shape index (κ1) is 23.6. The van der Waals surface area contributed by atoms with E-state index in [4.69, 9.17) is 23.0 Å². The van der Waals surface area contributed by atoms with Crippen LogP contribution in [0.3, 0.4) is 0 Å². The fraction of sp³-hybridized carbons (Fsp3) is 0.667. The molecule has 1 aromatic rings. The molecular weight excluding hydrogens is 429 g/mol. The molecule has 0 saturated carbocycles. The van der Waals surface area contributed by atoms with Crippen LogP contribution in [0.2, 0.25) is 0 Å². The molecule has 0 spiro atoms. The van der Waals surface area contributed by atoms with E-state index in [-0.39, 0.29) is 11.5 Å². The summed E-state index contributed by atoms with van der Waals surface area (Å²) in [6.45, 7) is 8.67. The first-order valence-corrected chi connectivity index (χ1v) is 12.7. The highest BCUT2D eigenvalue weighted by Gasteiger charge is 2.52. The van der Waals surface area contributed by atoms with Crippen molar-refractivity contribution in [2.75, 3.05) is 27.8 Å². The summed E-state index contributed by atoms with van der Waals surface area (Å²) in [5.74, 6) is 2.13. The number of nitrogens with zero attached hydrogens (tertiary/aromatic N) is 1. The van der Waals surface area contributed by atoms with Gasteiger partial charge in [-0.3, -0.25) is 13.9 Å². The number of hydrogen-bond acceptors (Lipinski definition) is 7. The number of phosphoric ester groups is 1. The molecule has 2 heterocycles. The van der Waals surface area contributed by atoms with Gasteiger partial charge < -0.3 is 14.0 Å². The number of rotatable bonds is 5. The summed E-state index contributed by atoms with van der Waals surface area (Å²) in [4.78, 5) is 2.33. The van der Waals surface area contributed by atoms with E-state index in [1.54, 1.807) is 14.2 Å². The lowest BCUT2D eigenvalue weighted by molar-refractivity contribution is -0.0850. The van der Waals surface area contributed by atoms with E-state index in [0.717, 1.165) is 30.9 Å². The topological polar surface area (TPSA) is 66.5 Å². The number of phosphoric acid groups is 1. The Balaban J connectivity index is 1.63. The second kappa shape index (κ2) is 8.05. The molecule has 0 bridgehead atoms. The van der Waals surface area contributed by atoms with Crippen LogP contribution in [0.15, 0.2) is 30.0 Å². The van der Waals surface area contributed by atoms with Gasteiger partial charge in [0.1, 0.15) is 5.76 Å².